The Balaban J connectivity index is 2.30. The van der Waals surface area contributed by atoms with Crippen LogP contribution in [0, 0.1) is 6.92 Å². The van der Waals surface area contributed by atoms with Gasteiger partial charge in [0.15, 0.2) is 0 Å². The van der Waals surface area contributed by atoms with Crippen molar-refractivity contribution in [3.05, 3.63) is 29.3 Å². The summed E-state index contributed by atoms with van der Waals surface area (Å²) in [4.78, 5) is 14.7. The maximum absolute atomic E-state index is 12.7. The number of carbonyl (C=O) groups is 1. The number of anilines is 1. The van der Waals surface area contributed by atoms with Gasteiger partial charge in [0.25, 0.3) is 5.91 Å². The van der Waals surface area contributed by atoms with E-state index in [1.54, 1.807) is 0 Å². The number of amides is 1. The SMILES string of the molecule is CCC1CCCCN1C(=O)c1c(C)cccc1N. The minimum Gasteiger partial charge on any atom is -0.398 e. The van der Waals surface area contributed by atoms with Crippen LogP contribution in [0.25, 0.3) is 0 Å². The number of nitrogen functional groups attached to an aromatic ring is 1. The van der Waals surface area contributed by atoms with Gasteiger partial charge in [-0.25, -0.2) is 0 Å². The summed E-state index contributed by atoms with van der Waals surface area (Å²) >= 11 is 0. The van der Waals surface area contributed by atoms with Gasteiger partial charge in [0.05, 0.1) is 5.56 Å². The first-order chi connectivity index (χ1) is 8.65. The molecule has 0 spiro atoms. The van der Waals surface area contributed by atoms with E-state index >= 15 is 0 Å². The molecule has 1 aromatic carbocycles. The number of nitrogens with zero attached hydrogens (tertiary/aromatic N) is 1. The lowest BCUT2D eigenvalue weighted by Crippen LogP contribution is -2.43. The van der Waals surface area contributed by atoms with Crippen LogP contribution in [0.3, 0.4) is 0 Å². The zero-order valence-corrected chi connectivity index (χ0v) is 11.3. The van der Waals surface area contributed by atoms with E-state index in [2.05, 4.69) is 6.92 Å². The van der Waals surface area contributed by atoms with Crippen LogP contribution in [0.5, 0.6) is 0 Å². The van der Waals surface area contributed by atoms with Crippen molar-refractivity contribution in [2.24, 2.45) is 0 Å². The fraction of sp³-hybridized carbons (Fsp3) is 0.533. The quantitative estimate of drug-likeness (QED) is 0.815. The monoisotopic (exact) mass is 246 g/mol. The van der Waals surface area contributed by atoms with Crippen LogP contribution in [-0.4, -0.2) is 23.4 Å². The summed E-state index contributed by atoms with van der Waals surface area (Å²) in [6.45, 7) is 4.97. The highest BCUT2D eigenvalue weighted by molar-refractivity contribution is 6.00. The summed E-state index contributed by atoms with van der Waals surface area (Å²) in [5.74, 6) is 0.108. The molecule has 2 rings (SSSR count). The molecule has 1 aliphatic heterocycles. The number of hydrogen-bond acceptors (Lipinski definition) is 2. The Morgan fingerprint density at radius 1 is 1.44 bits per heavy atom. The molecule has 1 heterocycles. The number of rotatable bonds is 2. The molecule has 1 saturated heterocycles. The van der Waals surface area contributed by atoms with Crippen LogP contribution < -0.4 is 5.73 Å². The summed E-state index contributed by atoms with van der Waals surface area (Å²) in [7, 11) is 0. The van der Waals surface area contributed by atoms with Crippen molar-refractivity contribution in [2.75, 3.05) is 12.3 Å². The number of likely N-dealkylation sites (tertiary alicyclic amines) is 1. The van der Waals surface area contributed by atoms with E-state index in [4.69, 9.17) is 5.73 Å². The van der Waals surface area contributed by atoms with Crippen LogP contribution in [0.2, 0.25) is 0 Å². The van der Waals surface area contributed by atoms with Crippen molar-refractivity contribution in [1.82, 2.24) is 4.90 Å². The predicted molar refractivity (Wildman–Crippen MR) is 74.6 cm³/mol. The molecule has 0 bridgehead atoms. The summed E-state index contributed by atoms with van der Waals surface area (Å²) in [6, 6.07) is 6.04. The van der Waals surface area contributed by atoms with Crippen LogP contribution in [0.1, 0.15) is 48.5 Å². The van der Waals surface area contributed by atoms with Crippen molar-refractivity contribution in [3.63, 3.8) is 0 Å². The molecule has 3 nitrogen and oxygen atoms in total. The van der Waals surface area contributed by atoms with Crippen molar-refractivity contribution < 1.29 is 4.79 Å². The van der Waals surface area contributed by atoms with Gasteiger partial charge < -0.3 is 10.6 Å². The third kappa shape index (κ3) is 2.35. The molecular weight excluding hydrogens is 224 g/mol. The molecule has 0 saturated carbocycles. The second-order valence-electron chi connectivity index (χ2n) is 5.10. The zero-order chi connectivity index (χ0) is 13.1. The molecule has 1 unspecified atom stereocenters. The number of hydrogen-bond donors (Lipinski definition) is 1. The molecule has 1 fully saturated rings. The average Bonchev–Trinajstić information content (AvgIpc) is 2.38. The van der Waals surface area contributed by atoms with E-state index in [1.807, 2.05) is 30.0 Å². The topological polar surface area (TPSA) is 46.3 Å². The van der Waals surface area contributed by atoms with Gasteiger partial charge in [-0.3, -0.25) is 4.79 Å². The first-order valence-corrected chi connectivity index (χ1v) is 6.81. The third-order valence-corrected chi connectivity index (χ3v) is 3.88. The highest BCUT2D eigenvalue weighted by Crippen LogP contribution is 2.25. The largest absolute Gasteiger partial charge is 0.398 e. The molecule has 0 aromatic heterocycles. The highest BCUT2D eigenvalue weighted by atomic mass is 16.2. The standard InChI is InChI=1S/C15H22N2O/c1-3-12-8-4-5-10-17(12)15(18)14-11(2)7-6-9-13(14)16/h6-7,9,12H,3-5,8,10,16H2,1-2H3. The Labute approximate surface area is 109 Å². The van der Waals surface area contributed by atoms with Crippen LogP contribution in [-0.2, 0) is 0 Å². The Morgan fingerprint density at radius 2 is 2.22 bits per heavy atom. The maximum Gasteiger partial charge on any atom is 0.256 e. The van der Waals surface area contributed by atoms with E-state index < -0.39 is 0 Å². The van der Waals surface area contributed by atoms with Crippen molar-refractivity contribution in [3.8, 4) is 0 Å². The summed E-state index contributed by atoms with van der Waals surface area (Å²) in [5.41, 5.74) is 8.23. The first kappa shape index (κ1) is 12.9. The van der Waals surface area contributed by atoms with Crippen molar-refractivity contribution >= 4 is 11.6 Å². The van der Waals surface area contributed by atoms with Crippen LogP contribution in [0.4, 0.5) is 5.69 Å². The molecule has 1 atom stereocenters. The summed E-state index contributed by atoms with van der Waals surface area (Å²) in [5, 5.41) is 0. The number of piperidine rings is 1. The molecule has 18 heavy (non-hydrogen) atoms. The van der Waals surface area contributed by atoms with Gasteiger partial charge in [0.1, 0.15) is 0 Å². The lowest BCUT2D eigenvalue weighted by Gasteiger charge is -2.35. The molecule has 2 N–H and O–H groups in total. The first-order valence-electron chi connectivity index (χ1n) is 6.81. The molecule has 98 valence electrons. The molecule has 1 amide bonds. The van der Waals surface area contributed by atoms with Gasteiger partial charge in [-0.05, 0) is 44.2 Å². The summed E-state index contributed by atoms with van der Waals surface area (Å²) < 4.78 is 0. The Kier molecular flexibility index (Phi) is 3.90. The minimum absolute atomic E-state index is 0.108. The molecule has 1 aliphatic rings. The van der Waals surface area contributed by atoms with Gasteiger partial charge in [0.2, 0.25) is 0 Å². The van der Waals surface area contributed by atoms with Crippen LogP contribution >= 0.6 is 0 Å². The van der Waals surface area contributed by atoms with Crippen molar-refractivity contribution in [1.29, 1.82) is 0 Å². The third-order valence-electron chi connectivity index (χ3n) is 3.88. The minimum atomic E-state index is 0.108. The lowest BCUT2D eigenvalue weighted by atomic mass is 9.97. The Morgan fingerprint density at radius 3 is 2.89 bits per heavy atom. The van der Waals surface area contributed by atoms with Crippen molar-refractivity contribution in [2.45, 2.75) is 45.6 Å². The average molecular weight is 246 g/mol. The number of nitrogens with two attached hydrogens (primary N) is 1. The summed E-state index contributed by atoms with van der Waals surface area (Å²) in [6.07, 6.45) is 4.48. The van der Waals surface area contributed by atoms with Gasteiger partial charge in [0, 0.05) is 18.3 Å². The Bertz CT molecular complexity index is 422. The normalized spacial score (nSPS) is 19.9. The second kappa shape index (κ2) is 5.42. The van der Waals surface area contributed by atoms with Crippen LogP contribution in [0.15, 0.2) is 18.2 Å². The lowest BCUT2D eigenvalue weighted by molar-refractivity contribution is 0.0608. The second-order valence-corrected chi connectivity index (χ2v) is 5.10. The van der Waals surface area contributed by atoms with Gasteiger partial charge >= 0.3 is 0 Å². The van der Waals surface area contributed by atoms with Gasteiger partial charge in [-0.2, -0.15) is 0 Å². The molecular formula is C15H22N2O. The van der Waals surface area contributed by atoms with E-state index in [-0.39, 0.29) is 5.91 Å². The predicted octanol–water partition coefficient (Wildman–Crippen LogP) is 2.98. The number of carbonyl (C=O) groups excluding carboxylic acids is 1. The van der Waals surface area contributed by atoms with E-state index in [0.29, 0.717) is 17.3 Å². The highest BCUT2D eigenvalue weighted by Gasteiger charge is 2.27. The van der Waals surface area contributed by atoms with E-state index in [1.165, 1.54) is 6.42 Å². The maximum atomic E-state index is 12.7. The number of benzene rings is 1. The molecule has 3 heteroatoms. The molecule has 0 aliphatic carbocycles. The fourth-order valence-electron chi connectivity index (χ4n) is 2.82. The van der Waals surface area contributed by atoms with Gasteiger partial charge in [-0.15, -0.1) is 0 Å². The number of aryl methyl sites for hydroxylation is 1. The zero-order valence-electron chi connectivity index (χ0n) is 11.3. The molecule has 0 radical (unpaired) electrons. The van der Waals surface area contributed by atoms with E-state index in [0.717, 1.165) is 31.4 Å². The Hall–Kier alpha value is -1.51. The van der Waals surface area contributed by atoms with Gasteiger partial charge in [-0.1, -0.05) is 19.1 Å². The molecule has 1 aromatic rings. The van der Waals surface area contributed by atoms with E-state index in [9.17, 15) is 4.79 Å². The smallest absolute Gasteiger partial charge is 0.256 e. The fourth-order valence-corrected chi connectivity index (χ4v) is 2.82.